The van der Waals surface area contributed by atoms with Gasteiger partial charge in [0.15, 0.2) is 0 Å². The molecule has 0 amide bonds. The predicted molar refractivity (Wildman–Crippen MR) is 78.1 cm³/mol. The van der Waals surface area contributed by atoms with Crippen molar-refractivity contribution < 1.29 is 4.74 Å². The lowest BCUT2D eigenvalue weighted by molar-refractivity contribution is 0.288. The second-order valence-electron chi connectivity index (χ2n) is 4.77. The molecule has 1 aromatic rings. The summed E-state index contributed by atoms with van der Waals surface area (Å²) in [7, 11) is 0. The molecule has 0 atom stereocenters. The van der Waals surface area contributed by atoms with Crippen LogP contribution in [0.4, 0.5) is 0 Å². The van der Waals surface area contributed by atoms with E-state index in [0.29, 0.717) is 5.54 Å². The first-order valence-corrected chi connectivity index (χ1v) is 7.16. The lowest BCUT2D eigenvalue weighted by Crippen LogP contribution is -2.43. The Morgan fingerprint density at radius 1 is 0.944 bits per heavy atom. The van der Waals surface area contributed by atoms with Gasteiger partial charge in [-0.3, -0.25) is 0 Å². The van der Waals surface area contributed by atoms with Gasteiger partial charge in [0.05, 0.1) is 6.61 Å². The van der Waals surface area contributed by atoms with Gasteiger partial charge in [-0.2, -0.15) is 0 Å². The smallest absolute Gasteiger partial charge is 0.119 e. The van der Waals surface area contributed by atoms with Gasteiger partial charge in [-0.05, 0) is 43.9 Å². The third-order valence-electron chi connectivity index (χ3n) is 3.93. The molecule has 0 fully saturated rings. The Hall–Kier alpha value is -1.02. The van der Waals surface area contributed by atoms with E-state index >= 15 is 0 Å². The molecule has 0 unspecified atom stereocenters. The number of benzene rings is 1. The fraction of sp³-hybridized carbons (Fsp3) is 0.625. The first kappa shape index (κ1) is 15.0. The van der Waals surface area contributed by atoms with E-state index in [1.807, 2.05) is 19.1 Å². The van der Waals surface area contributed by atoms with Crippen molar-refractivity contribution in [2.45, 2.75) is 59.0 Å². The van der Waals surface area contributed by atoms with Gasteiger partial charge in [0.2, 0.25) is 0 Å². The van der Waals surface area contributed by atoms with E-state index in [1.54, 1.807) is 0 Å². The molecule has 0 bridgehead atoms. The molecule has 18 heavy (non-hydrogen) atoms. The zero-order chi connectivity index (χ0) is 13.4. The van der Waals surface area contributed by atoms with Crippen LogP contribution in [0.3, 0.4) is 0 Å². The van der Waals surface area contributed by atoms with E-state index in [1.165, 1.54) is 24.8 Å². The standard InChI is InChI=1S/C16H27NO/c1-5-16(6-2,7-3)17-13-14-9-11-15(12-10-14)18-8-4/h9-12,17H,5-8,13H2,1-4H3. The Morgan fingerprint density at radius 2 is 1.50 bits per heavy atom. The Labute approximate surface area is 112 Å². The molecule has 0 saturated carbocycles. The quantitative estimate of drug-likeness (QED) is 0.747. The van der Waals surface area contributed by atoms with Crippen molar-refractivity contribution in [3.05, 3.63) is 29.8 Å². The van der Waals surface area contributed by atoms with Crippen LogP contribution in [0.2, 0.25) is 0 Å². The maximum Gasteiger partial charge on any atom is 0.119 e. The lowest BCUT2D eigenvalue weighted by Gasteiger charge is -2.32. The van der Waals surface area contributed by atoms with Crippen molar-refractivity contribution in [1.82, 2.24) is 5.32 Å². The minimum absolute atomic E-state index is 0.290. The number of rotatable bonds is 8. The summed E-state index contributed by atoms with van der Waals surface area (Å²) in [6.45, 7) is 10.5. The second-order valence-corrected chi connectivity index (χ2v) is 4.77. The SMILES string of the molecule is CCOc1ccc(CNC(CC)(CC)CC)cc1. The highest BCUT2D eigenvalue weighted by molar-refractivity contribution is 5.27. The highest BCUT2D eigenvalue weighted by Gasteiger charge is 2.22. The zero-order valence-corrected chi connectivity index (χ0v) is 12.3. The molecule has 1 aromatic carbocycles. The van der Waals surface area contributed by atoms with Crippen LogP contribution in [0.1, 0.15) is 52.5 Å². The topological polar surface area (TPSA) is 21.3 Å². The Morgan fingerprint density at radius 3 is 1.94 bits per heavy atom. The molecule has 0 radical (unpaired) electrons. The third kappa shape index (κ3) is 4.02. The van der Waals surface area contributed by atoms with Gasteiger partial charge in [-0.25, -0.2) is 0 Å². The average Bonchev–Trinajstić information content (AvgIpc) is 2.43. The molecule has 1 N–H and O–H groups in total. The summed E-state index contributed by atoms with van der Waals surface area (Å²) >= 11 is 0. The van der Waals surface area contributed by atoms with Crippen LogP contribution in [0.15, 0.2) is 24.3 Å². The van der Waals surface area contributed by atoms with Crippen molar-refractivity contribution in [2.75, 3.05) is 6.61 Å². The molecule has 0 saturated heterocycles. The van der Waals surface area contributed by atoms with E-state index in [0.717, 1.165) is 18.9 Å². The van der Waals surface area contributed by atoms with Crippen molar-refractivity contribution >= 4 is 0 Å². The molecular weight excluding hydrogens is 222 g/mol. The van der Waals surface area contributed by atoms with Crippen molar-refractivity contribution in [3.63, 3.8) is 0 Å². The van der Waals surface area contributed by atoms with Crippen molar-refractivity contribution in [2.24, 2.45) is 0 Å². The van der Waals surface area contributed by atoms with E-state index in [2.05, 4.69) is 38.2 Å². The summed E-state index contributed by atoms with van der Waals surface area (Å²) in [5, 5.41) is 3.71. The van der Waals surface area contributed by atoms with Crippen LogP contribution in [-0.2, 0) is 6.54 Å². The molecule has 102 valence electrons. The Kier molecular flexibility index (Phi) is 6.20. The van der Waals surface area contributed by atoms with E-state index in [4.69, 9.17) is 4.74 Å². The molecule has 0 spiro atoms. The fourth-order valence-corrected chi connectivity index (χ4v) is 2.28. The Bertz CT molecular complexity index is 319. The van der Waals surface area contributed by atoms with Crippen molar-refractivity contribution in [1.29, 1.82) is 0 Å². The predicted octanol–water partition coefficient (Wildman–Crippen LogP) is 4.14. The molecule has 0 aliphatic rings. The third-order valence-corrected chi connectivity index (χ3v) is 3.93. The van der Waals surface area contributed by atoms with E-state index in [9.17, 15) is 0 Å². The fourth-order valence-electron chi connectivity index (χ4n) is 2.28. The molecule has 2 heteroatoms. The van der Waals surface area contributed by atoms with E-state index < -0.39 is 0 Å². The summed E-state index contributed by atoms with van der Waals surface area (Å²) < 4.78 is 5.45. The zero-order valence-electron chi connectivity index (χ0n) is 12.3. The summed E-state index contributed by atoms with van der Waals surface area (Å²) in [6, 6.07) is 8.38. The van der Waals surface area contributed by atoms with Crippen LogP contribution in [0.25, 0.3) is 0 Å². The van der Waals surface area contributed by atoms with Gasteiger partial charge in [0.25, 0.3) is 0 Å². The molecule has 0 aliphatic carbocycles. The Balaban J connectivity index is 2.57. The lowest BCUT2D eigenvalue weighted by atomic mass is 9.89. The number of ether oxygens (including phenoxy) is 1. The number of hydrogen-bond acceptors (Lipinski definition) is 2. The van der Waals surface area contributed by atoms with Gasteiger partial charge in [-0.15, -0.1) is 0 Å². The molecule has 1 rings (SSSR count). The minimum Gasteiger partial charge on any atom is -0.494 e. The first-order valence-electron chi connectivity index (χ1n) is 7.16. The monoisotopic (exact) mass is 249 g/mol. The van der Waals surface area contributed by atoms with Gasteiger partial charge in [0.1, 0.15) is 5.75 Å². The van der Waals surface area contributed by atoms with Crippen LogP contribution in [0, 0.1) is 0 Å². The molecular formula is C16H27NO. The highest BCUT2D eigenvalue weighted by Crippen LogP contribution is 2.20. The van der Waals surface area contributed by atoms with Gasteiger partial charge in [0, 0.05) is 12.1 Å². The molecule has 0 heterocycles. The van der Waals surface area contributed by atoms with Gasteiger partial charge in [-0.1, -0.05) is 32.9 Å². The van der Waals surface area contributed by atoms with Gasteiger partial charge < -0.3 is 10.1 Å². The summed E-state index contributed by atoms with van der Waals surface area (Å²) in [5.41, 5.74) is 1.61. The molecule has 0 aliphatic heterocycles. The molecule has 2 nitrogen and oxygen atoms in total. The summed E-state index contributed by atoms with van der Waals surface area (Å²) in [6.07, 6.45) is 3.53. The van der Waals surface area contributed by atoms with Gasteiger partial charge >= 0.3 is 0 Å². The van der Waals surface area contributed by atoms with Crippen LogP contribution >= 0.6 is 0 Å². The molecule has 0 aromatic heterocycles. The van der Waals surface area contributed by atoms with Crippen LogP contribution in [-0.4, -0.2) is 12.1 Å². The normalized spacial score (nSPS) is 11.6. The summed E-state index contributed by atoms with van der Waals surface area (Å²) in [5.74, 6) is 0.953. The largest absolute Gasteiger partial charge is 0.494 e. The number of nitrogens with one attached hydrogen (secondary N) is 1. The maximum absolute atomic E-state index is 5.45. The van der Waals surface area contributed by atoms with Crippen LogP contribution < -0.4 is 10.1 Å². The van der Waals surface area contributed by atoms with Crippen LogP contribution in [0.5, 0.6) is 5.75 Å². The number of hydrogen-bond donors (Lipinski definition) is 1. The summed E-state index contributed by atoms with van der Waals surface area (Å²) in [4.78, 5) is 0. The highest BCUT2D eigenvalue weighted by atomic mass is 16.5. The first-order chi connectivity index (χ1) is 8.69. The second kappa shape index (κ2) is 7.42. The average molecular weight is 249 g/mol. The minimum atomic E-state index is 0.290. The maximum atomic E-state index is 5.45. The van der Waals surface area contributed by atoms with Crippen molar-refractivity contribution in [3.8, 4) is 5.75 Å². The van der Waals surface area contributed by atoms with E-state index in [-0.39, 0.29) is 0 Å².